The number of carbonyl (C=O) groups is 1. The Bertz CT molecular complexity index is 1160. The van der Waals surface area contributed by atoms with E-state index >= 15 is 0 Å². The predicted octanol–water partition coefficient (Wildman–Crippen LogP) is 6.27. The molecule has 0 saturated heterocycles. The van der Waals surface area contributed by atoms with Crippen molar-refractivity contribution in [2.75, 3.05) is 5.32 Å². The minimum atomic E-state index is -0.177. The second kappa shape index (κ2) is 7.49. The van der Waals surface area contributed by atoms with E-state index in [4.69, 9.17) is 16.0 Å². The summed E-state index contributed by atoms with van der Waals surface area (Å²) >= 11 is 6.36. The first kappa shape index (κ1) is 18.3. The molecule has 4 rings (SSSR count). The summed E-state index contributed by atoms with van der Waals surface area (Å²) in [5.74, 6) is 0.248. The quantitative estimate of drug-likeness (QED) is 0.446. The van der Waals surface area contributed by atoms with Crippen LogP contribution in [0.4, 0.5) is 5.69 Å². The molecule has 1 amide bonds. The van der Waals surface area contributed by atoms with Gasteiger partial charge in [0.05, 0.1) is 10.6 Å². The molecule has 0 unspecified atom stereocenters. The van der Waals surface area contributed by atoms with Crippen LogP contribution < -0.4 is 5.32 Å². The minimum absolute atomic E-state index is 0.177. The van der Waals surface area contributed by atoms with E-state index in [1.54, 1.807) is 18.2 Å². The van der Waals surface area contributed by atoms with E-state index in [9.17, 15) is 4.79 Å². The molecular weight excluding hydrogens is 372 g/mol. The molecule has 0 aliphatic carbocycles. The number of nitrogens with one attached hydrogen (secondary N) is 1. The van der Waals surface area contributed by atoms with Crippen molar-refractivity contribution >= 4 is 34.3 Å². The van der Waals surface area contributed by atoms with Gasteiger partial charge in [0.2, 0.25) is 5.89 Å². The second-order valence-corrected chi connectivity index (χ2v) is 7.10. The largest absolute Gasteiger partial charge is 0.436 e. The molecule has 0 aliphatic heterocycles. The molecular formula is C23H19ClN2O2. The average molecular weight is 391 g/mol. The number of amides is 1. The highest BCUT2D eigenvalue weighted by Gasteiger charge is 2.14. The van der Waals surface area contributed by atoms with Gasteiger partial charge in [-0.25, -0.2) is 4.98 Å². The Morgan fingerprint density at radius 1 is 1.07 bits per heavy atom. The van der Waals surface area contributed by atoms with Crippen molar-refractivity contribution in [3.8, 4) is 11.5 Å². The lowest BCUT2D eigenvalue weighted by atomic mass is 10.1. The van der Waals surface area contributed by atoms with Crippen molar-refractivity contribution in [3.05, 3.63) is 82.4 Å². The first-order valence-electron chi connectivity index (χ1n) is 9.11. The second-order valence-electron chi connectivity index (χ2n) is 6.69. The van der Waals surface area contributed by atoms with Crippen LogP contribution in [0.1, 0.15) is 28.4 Å². The fourth-order valence-corrected chi connectivity index (χ4v) is 3.21. The molecule has 3 aromatic carbocycles. The third kappa shape index (κ3) is 3.64. The zero-order chi connectivity index (χ0) is 19.7. The highest BCUT2D eigenvalue weighted by Crippen LogP contribution is 2.32. The number of nitrogens with zero attached hydrogens (tertiary/aromatic N) is 1. The fourth-order valence-electron chi connectivity index (χ4n) is 3.01. The first-order chi connectivity index (χ1) is 13.5. The molecule has 0 radical (unpaired) electrons. The number of rotatable bonds is 4. The zero-order valence-corrected chi connectivity index (χ0v) is 16.4. The van der Waals surface area contributed by atoms with Crippen LogP contribution in [0.5, 0.6) is 0 Å². The van der Waals surface area contributed by atoms with E-state index in [0.717, 1.165) is 17.5 Å². The Hall–Kier alpha value is -3.11. The van der Waals surface area contributed by atoms with Crippen molar-refractivity contribution in [1.29, 1.82) is 0 Å². The third-order valence-electron chi connectivity index (χ3n) is 4.62. The molecule has 4 aromatic rings. The van der Waals surface area contributed by atoms with Crippen molar-refractivity contribution in [2.45, 2.75) is 20.3 Å². The Kier molecular flexibility index (Phi) is 4.88. The first-order valence-corrected chi connectivity index (χ1v) is 9.48. The number of aromatic nitrogens is 1. The number of fused-ring (bicyclic) bond motifs is 1. The molecule has 1 heterocycles. The highest BCUT2D eigenvalue weighted by molar-refractivity contribution is 6.33. The van der Waals surface area contributed by atoms with E-state index in [-0.39, 0.29) is 5.91 Å². The Balaban J connectivity index is 1.63. The lowest BCUT2D eigenvalue weighted by molar-refractivity contribution is 0.102. The van der Waals surface area contributed by atoms with E-state index < -0.39 is 0 Å². The lowest BCUT2D eigenvalue weighted by Crippen LogP contribution is -2.11. The van der Waals surface area contributed by atoms with Crippen LogP contribution in [0.25, 0.3) is 22.6 Å². The highest BCUT2D eigenvalue weighted by atomic mass is 35.5. The molecule has 0 atom stereocenters. The van der Waals surface area contributed by atoms with Gasteiger partial charge in [-0.05, 0) is 66.9 Å². The number of halogens is 1. The SMILES string of the molecule is CCc1ccc(C(=O)Nc2ccc(Cl)c(-c3nc4ccc(C)cc4o3)c2)cc1. The standard InChI is InChI=1S/C23H19ClN2O2/c1-3-15-5-7-16(8-6-15)22(27)25-17-9-10-19(24)18(13-17)23-26-20-11-4-14(2)12-21(20)28-23/h4-13H,3H2,1-2H3,(H,25,27). The Morgan fingerprint density at radius 3 is 2.61 bits per heavy atom. The van der Waals surface area contributed by atoms with Gasteiger partial charge in [0, 0.05) is 11.3 Å². The number of hydrogen-bond acceptors (Lipinski definition) is 3. The summed E-state index contributed by atoms with van der Waals surface area (Å²) in [6.07, 6.45) is 0.937. The van der Waals surface area contributed by atoms with Crippen LogP contribution in [-0.4, -0.2) is 10.9 Å². The van der Waals surface area contributed by atoms with Crippen LogP contribution >= 0.6 is 11.6 Å². The van der Waals surface area contributed by atoms with Crippen molar-refractivity contribution in [2.24, 2.45) is 0 Å². The monoisotopic (exact) mass is 390 g/mol. The number of anilines is 1. The maximum Gasteiger partial charge on any atom is 0.255 e. The zero-order valence-electron chi connectivity index (χ0n) is 15.6. The van der Waals surface area contributed by atoms with Crippen LogP contribution in [-0.2, 0) is 6.42 Å². The molecule has 1 aromatic heterocycles. The predicted molar refractivity (Wildman–Crippen MR) is 113 cm³/mol. The van der Waals surface area contributed by atoms with Gasteiger partial charge in [-0.15, -0.1) is 0 Å². The van der Waals surface area contributed by atoms with Gasteiger partial charge in [-0.1, -0.05) is 36.7 Å². The Labute approximate surface area is 168 Å². The van der Waals surface area contributed by atoms with Crippen molar-refractivity contribution in [1.82, 2.24) is 4.98 Å². The molecule has 140 valence electrons. The van der Waals surface area contributed by atoms with Crippen LogP contribution in [0.3, 0.4) is 0 Å². The summed E-state index contributed by atoms with van der Waals surface area (Å²) < 4.78 is 5.88. The molecule has 0 saturated carbocycles. The fraction of sp³-hybridized carbons (Fsp3) is 0.130. The third-order valence-corrected chi connectivity index (χ3v) is 4.95. The molecule has 0 aliphatic rings. The minimum Gasteiger partial charge on any atom is -0.436 e. The van der Waals surface area contributed by atoms with Gasteiger partial charge in [-0.3, -0.25) is 4.79 Å². The topological polar surface area (TPSA) is 55.1 Å². The van der Waals surface area contributed by atoms with E-state index in [0.29, 0.717) is 33.3 Å². The van der Waals surface area contributed by atoms with Gasteiger partial charge in [-0.2, -0.15) is 0 Å². The Morgan fingerprint density at radius 2 is 1.86 bits per heavy atom. The summed E-state index contributed by atoms with van der Waals surface area (Å²) in [5.41, 5.74) is 5.62. The number of aryl methyl sites for hydroxylation is 2. The van der Waals surface area contributed by atoms with E-state index in [1.807, 2.05) is 49.4 Å². The maximum absolute atomic E-state index is 12.5. The van der Waals surface area contributed by atoms with E-state index in [1.165, 1.54) is 5.56 Å². The van der Waals surface area contributed by atoms with Gasteiger partial charge < -0.3 is 9.73 Å². The summed E-state index contributed by atoms with van der Waals surface area (Å²) in [4.78, 5) is 17.1. The van der Waals surface area contributed by atoms with Crippen LogP contribution in [0.15, 0.2) is 65.1 Å². The molecule has 0 spiro atoms. The number of carbonyl (C=O) groups excluding carboxylic acids is 1. The average Bonchev–Trinajstić information content (AvgIpc) is 3.12. The molecule has 0 bridgehead atoms. The number of hydrogen-bond donors (Lipinski definition) is 1. The van der Waals surface area contributed by atoms with Crippen LogP contribution in [0, 0.1) is 6.92 Å². The van der Waals surface area contributed by atoms with Gasteiger partial charge in [0.1, 0.15) is 5.52 Å². The normalized spacial score (nSPS) is 11.0. The van der Waals surface area contributed by atoms with Gasteiger partial charge in [0.15, 0.2) is 5.58 Å². The van der Waals surface area contributed by atoms with Gasteiger partial charge in [0.25, 0.3) is 5.91 Å². The molecule has 5 heteroatoms. The lowest BCUT2D eigenvalue weighted by Gasteiger charge is -2.08. The summed E-state index contributed by atoms with van der Waals surface area (Å²) in [6.45, 7) is 4.08. The molecule has 28 heavy (non-hydrogen) atoms. The summed E-state index contributed by atoms with van der Waals surface area (Å²) in [5, 5.41) is 3.42. The summed E-state index contributed by atoms with van der Waals surface area (Å²) in [6, 6.07) is 18.7. The van der Waals surface area contributed by atoms with Gasteiger partial charge >= 0.3 is 0 Å². The molecule has 0 fully saturated rings. The van der Waals surface area contributed by atoms with E-state index in [2.05, 4.69) is 17.2 Å². The molecule has 4 nitrogen and oxygen atoms in total. The smallest absolute Gasteiger partial charge is 0.255 e. The number of benzene rings is 3. The molecule has 1 N–H and O–H groups in total. The maximum atomic E-state index is 12.5. The summed E-state index contributed by atoms with van der Waals surface area (Å²) in [7, 11) is 0. The number of oxazole rings is 1. The van der Waals surface area contributed by atoms with Crippen molar-refractivity contribution in [3.63, 3.8) is 0 Å². The van der Waals surface area contributed by atoms with Crippen molar-refractivity contribution < 1.29 is 9.21 Å². The van der Waals surface area contributed by atoms with Crippen LogP contribution in [0.2, 0.25) is 5.02 Å².